The summed E-state index contributed by atoms with van der Waals surface area (Å²) >= 11 is 0. The lowest BCUT2D eigenvalue weighted by Crippen LogP contribution is -2.35. The van der Waals surface area contributed by atoms with Gasteiger partial charge in [0.05, 0.1) is 6.42 Å². The van der Waals surface area contributed by atoms with Crippen molar-refractivity contribution in [3.05, 3.63) is 0 Å². The molecule has 2 fully saturated rings. The molecule has 0 aromatic carbocycles. The number of cyclic esters (lactones) is 1. The van der Waals surface area contributed by atoms with Crippen LogP contribution in [0.15, 0.2) is 0 Å². The zero-order chi connectivity index (χ0) is 13.4. The molecule has 1 spiro atoms. The molecule has 6 heteroatoms. The second kappa shape index (κ2) is 5.00. The Morgan fingerprint density at radius 3 is 2.78 bits per heavy atom. The largest absolute Gasteiger partial charge is 0.461 e. The molecule has 0 aromatic heterocycles. The summed E-state index contributed by atoms with van der Waals surface area (Å²) in [6, 6.07) is 0. The van der Waals surface area contributed by atoms with Crippen molar-refractivity contribution in [3.63, 3.8) is 0 Å². The molecule has 104 valence electrons. The van der Waals surface area contributed by atoms with Crippen LogP contribution < -0.4 is 0 Å². The first-order valence-electron chi connectivity index (χ1n) is 6.43. The minimum atomic E-state index is -3.64. The summed E-state index contributed by atoms with van der Waals surface area (Å²) in [5.41, 5.74) is -0.302. The second-order valence-corrected chi connectivity index (χ2v) is 8.58. The fraction of sp³-hybridized carbons (Fsp3) is 0.917. The lowest BCUT2D eigenvalue weighted by Gasteiger charge is -2.30. The molecule has 0 radical (unpaired) electrons. The number of carbonyl (C=O) groups excluding carboxylic acids is 1. The quantitative estimate of drug-likeness (QED) is 0.580. The molecule has 18 heavy (non-hydrogen) atoms. The van der Waals surface area contributed by atoms with Crippen LogP contribution in [0.1, 0.15) is 45.4 Å². The van der Waals surface area contributed by atoms with Crippen LogP contribution in [-0.2, 0) is 18.6 Å². The number of hydrogen-bond donors (Lipinski definition) is 0. The van der Waals surface area contributed by atoms with E-state index in [1.807, 2.05) is 0 Å². The Balaban J connectivity index is 2.19. The van der Waals surface area contributed by atoms with Crippen LogP contribution in [0.25, 0.3) is 0 Å². The Morgan fingerprint density at radius 2 is 2.11 bits per heavy atom. The number of rotatable bonds is 2. The highest BCUT2D eigenvalue weighted by atomic mass is 35.7. The van der Waals surface area contributed by atoms with Crippen molar-refractivity contribution in [1.29, 1.82) is 0 Å². The molecular formula is C12H19ClO4S. The summed E-state index contributed by atoms with van der Waals surface area (Å²) in [7, 11) is 1.68. The van der Waals surface area contributed by atoms with Crippen molar-refractivity contribution in [2.75, 3.05) is 5.75 Å². The van der Waals surface area contributed by atoms with E-state index in [2.05, 4.69) is 6.92 Å². The first kappa shape index (κ1) is 14.1. The van der Waals surface area contributed by atoms with Crippen LogP contribution in [0.4, 0.5) is 0 Å². The number of ether oxygens (including phenoxy) is 1. The highest BCUT2D eigenvalue weighted by Crippen LogP contribution is 2.48. The Morgan fingerprint density at radius 1 is 1.39 bits per heavy atom. The van der Waals surface area contributed by atoms with E-state index in [0.717, 1.165) is 32.1 Å². The molecule has 0 amide bonds. The minimum absolute atomic E-state index is 0.255. The smallest absolute Gasteiger partial charge is 0.306 e. The average Bonchev–Trinajstić information content (AvgIpc) is 2.40. The normalized spacial score (nSPS) is 37.6. The van der Waals surface area contributed by atoms with E-state index < -0.39 is 15.2 Å². The van der Waals surface area contributed by atoms with Gasteiger partial charge in [0.2, 0.25) is 9.05 Å². The van der Waals surface area contributed by atoms with Crippen molar-refractivity contribution >= 4 is 25.7 Å². The van der Waals surface area contributed by atoms with Crippen molar-refractivity contribution < 1.29 is 17.9 Å². The van der Waals surface area contributed by atoms with Crippen LogP contribution in [0, 0.1) is 11.3 Å². The van der Waals surface area contributed by atoms with E-state index in [1.165, 1.54) is 0 Å². The van der Waals surface area contributed by atoms with Gasteiger partial charge in [0.25, 0.3) is 0 Å². The van der Waals surface area contributed by atoms with E-state index in [-0.39, 0.29) is 17.1 Å². The summed E-state index contributed by atoms with van der Waals surface area (Å²) < 4.78 is 27.7. The molecule has 0 bridgehead atoms. The van der Waals surface area contributed by atoms with Crippen LogP contribution >= 0.6 is 10.7 Å². The molecule has 1 saturated heterocycles. The fourth-order valence-corrected chi connectivity index (χ4v) is 4.35. The Kier molecular flexibility index (Phi) is 3.93. The third-order valence-corrected chi connectivity index (χ3v) is 5.39. The summed E-state index contributed by atoms with van der Waals surface area (Å²) in [6.45, 7) is 2.20. The molecule has 2 rings (SSSR count). The lowest BCUT2D eigenvalue weighted by molar-refractivity contribution is -0.141. The maximum Gasteiger partial charge on any atom is 0.306 e. The van der Waals surface area contributed by atoms with Crippen LogP contribution in [0.3, 0.4) is 0 Å². The molecule has 1 saturated carbocycles. The van der Waals surface area contributed by atoms with Crippen LogP contribution in [0.2, 0.25) is 0 Å². The van der Waals surface area contributed by atoms with E-state index in [9.17, 15) is 13.2 Å². The van der Waals surface area contributed by atoms with E-state index in [0.29, 0.717) is 12.3 Å². The van der Waals surface area contributed by atoms with Gasteiger partial charge < -0.3 is 4.74 Å². The van der Waals surface area contributed by atoms with E-state index >= 15 is 0 Å². The zero-order valence-electron chi connectivity index (χ0n) is 10.5. The molecule has 3 atom stereocenters. The van der Waals surface area contributed by atoms with Gasteiger partial charge in [-0.3, -0.25) is 4.79 Å². The third-order valence-electron chi connectivity index (χ3n) is 4.31. The molecule has 2 aliphatic rings. The standard InChI is InChI=1S/C12H19ClO4S/c1-9-3-2-5-12(6-4-9)7-11(14)17-10(12)8-18(13,15)16/h9-10H,2-8H2,1H3. The molecule has 0 N–H and O–H groups in total. The van der Waals surface area contributed by atoms with Gasteiger partial charge >= 0.3 is 5.97 Å². The topological polar surface area (TPSA) is 60.4 Å². The van der Waals surface area contributed by atoms with Gasteiger partial charge in [-0.15, -0.1) is 0 Å². The number of hydrogen-bond acceptors (Lipinski definition) is 4. The number of carbonyl (C=O) groups is 1. The summed E-state index contributed by atoms with van der Waals surface area (Å²) in [5.74, 6) is 0.0949. The van der Waals surface area contributed by atoms with E-state index in [1.54, 1.807) is 0 Å². The molecular weight excluding hydrogens is 276 g/mol. The molecule has 3 unspecified atom stereocenters. The molecule has 1 heterocycles. The van der Waals surface area contributed by atoms with Gasteiger partial charge in [0, 0.05) is 16.1 Å². The maximum absolute atomic E-state index is 11.5. The molecule has 4 nitrogen and oxygen atoms in total. The Bertz CT molecular complexity index is 433. The van der Waals surface area contributed by atoms with Crippen molar-refractivity contribution in [2.45, 2.75) is 51.6 Å². The summed E-state index contributed by atoms with van der Waals surface area (Å²) in [6.07, 6.45) is 4.69. The van der Waals surface area contributed by atoms with Gasteiger partial charge in [0.1, 0.15) is 11.9 Å². The average molecular weight is 295 g/mol. The second-order valence-electron chi connectivity index (χ2n) is 5.76. The SMILES string of the molecule is CC1CCCC2(CC1)CC(=O)OC2CS(=O)(=O)Cl. The summed E-state index contributed by atoms with van der Waals surface area (Å²) in [4.78, 5) is 11.5. The molecule has 1 aliphatic heterocycles. The summed E-state index contributed by atoms with van der Waals surface area (Å²) in [5, 5.41) is 0. The van der Waals surface area contributed by atoms with Gasteiger partial charge in [0.15, 0.2) is 0 Å². The Labute approximate surface area is 112 Å². The Hall–Kier alpha value is -0.290. The predicted octanol–water partition coefficient (Wildman–Crippen LogP) is 2.46. The first-order valence-corrected chi connectivity index (χ1v) is 8.90. The van der Waals surface area contributed by atoms with Gasteiger partial charge in [-0.05, 0) is 18.8 Å². The van der Waals surface area contributed by atoms with Gasteiger partial charge in [-0.25, -0.2) is 8.42 Å². The van der Waals surface area contributed by atoms with Gasteiger partial charge in [-0.1, -0.05) is 26.2 Å². The van der Waals surface area contributed by atoms with Crippen molar-refractivity contribution in [3.8, 4) is 0 Å². The highest BCUT2D eigenvalue weighted by molar-refractivity contribution is 8.13. The zero-order valence-corrected chi connectivity index (χ0v) is 12.1. The van der Waals surface area contributed by atoms with E-state index in [4.69, 9.17) is 15.4 Å². The maximum atomic E-state index is 11.5. The third kappa shape index (κ3) is 3.18. The lowest BCUT2D eigenvalue weighted by atomic mass is 9.75. The molecule has 0 aromatic rings. The van der Waals surface area contributed by atoms with Crippen LogP contribution in [0.5, 0.6) is 0 Å². The highest BCUT2D eigenvalue weighted by Gasteiger charge is 2.50. The number of halogens is 1. The van der Waals surface area contributed by atoms with Crippen molar-refractivity contribution in [2.24, 2.45) is 11.3 Å². The fourth-order valence-electron chi connectivity index (χ4n) is 3.22. The van der Waals surface area contributed by atoms with Crippen molar-refractivity contribution in [1.82, 2.24) is 0 Å². The van der Waals surface area contributed by atoms with Gasteiger partial charge in [-0.2, -0.15) is 0 Å². The predicted molar refractivity (Wildman–Crippen MR) is 68.8 cm³/mol. The monoisotopic (exact) mass is 294 g/mol. The minimum Gasteiger partial charge on any atom is -0.461 e. The first-order chi connectivity index (χ1) is 8.31. The molecule has 1 aliphatic carbocycles. The number of esters is 1. The van der Waals surface area contributed by atoms with Crippen LogP contribution in [-0.4, -0.2) is 26.2 Å².